The number of amides is 1. The van der Waals surface area contributed by atoms with Gasteiger partial charge in [-0.25, -0.2) is 9.78 Å². The van der Waals surface area contributed by atoms with E-state index in [0.717, 1.165) is 27.6 Å². The smallest absolute Gasteiger partial charge is 0.411 e. The number of carbonyl (C=O) groups excluding carboxylic acids is 1. The molecule has 37 heavy (non-hydrogen) atoms. The third-order valence-corrected chi connectivity index (χ3v) is 8.24. The summed E-state index contributed by atoms with van der Waals surface area (Å²) in [5, 5.41) is 0. The van der Waals surface area contributed by atoms with Crippen LogP contribution in [-0.2, 0) is 25.7 Å². The van der Waals surface area contributed by atoms with Crippen molar-refractivity contribution in [3.8, 4) is 11.3 Å². The van der Waals surface area contributed by atoms with Gasteiger partial charge in [0.25, 0.3) is 0 Å². The number of hydrogen-bond donors (Lipinski definition) is 0. The summed E-state index contributed by atoms with van der Waals surface area (Å²) in [7, 11) is 0.437. The highest BCUT2D eigenvalue weighted by Crippen LogP contribution is 2.36. The third-order valence-electron chi connectivity index (χ3n) is 6.00. The number of carbonyl (C=O) groups is 1. The molecule has 2 aromatic rings. The maximum atomic E-state index is 13.3. The molecule has 2 atom stereocenters. The molecule has 8 nitrogen and oxygen atoms in total. The first-order chi connectivity index (χ1) is 17.4. The average molecular weight is 597 g/mol. The van der Waals surface area contributed by atoms with Crippen molar-refractivity contribution in [3.63, 3.8) is 0 Å². The van der Waals surface area contributed by atoms with Gasteiger partial charge in [0.15, 0.2) is 0 Å². The van der Waals surface area contributed by atoms with Gasteiger partial charge >= 0.3 is 6.09 Å². The van der Waals surface area contributed by atoms with Crippen molar-refractivity contribution in [2.45, 2.75) is 77.4 Å². The van der Waals surface area contributed by atoms with Gasteiger partial charge < -0.3 is 23.5 Å². The summed E-state index contributed by atoms with van der Waals surface area (Å²) in [6.45, 7) is 15.1. The van der Waals surface area contributed by atoms with Crippen molar-refractivity contribution in [3.05, 3.63) is 40.8 Å². The molecule has 0 bridgehead atoms. The molecule has 1 aliphatic heterocycles. The summed E-state index contributed by atoms with van der Waals surface area (Å²) in [4.78, 5) is 20.0. The van der Waals surface area contributed by atoms with E-state index in [1.807, 2.05) is 55.8 Å². The van der Waals surface area contributed by atoms with Crippen LogP contribution in [0.5, 0.6) is 0 Å². The second kappa shape index (κ2) is 12.9. The third kappa shape index (κ3) is 9.21. The lowest BCUT2D eigenvalue weighted by molar-refractivity contribution is 0.00859. The van der Waals surface area contributed by atoms with Crippen molar-refractivity contribution in [2.24, 2.45) is 0 Å². The number of ether oxygens (including phenoxy) is 4. The van der Waals surface area contributed by atoms with E-state index in [9.17, 15) is 4.79 Å². The van der Waals surface area contributed by atoms with E-state index >= 15 is 0 Å². The molecule has 0 aliphatic carbocycles. The molecule has 0 N–H and O–H groups in total. The maximum absolute atomic E-state index is 13.3. The molecule has 0 saturated carbocycles. The monoisotopic (exact) mass is 595 g/mol. The fourth-order valence-electron chi connectivity index (χ4n) is 4.08. The Morgan fingerprint density at radius 3 is 2.46 bits per heavy atom. The molecule has 3 rings (SSSR count). The molecule has 0 unspecified atom stereocenters. The number of benzene rings is 1. The lowest BCUT2D eigenvalue weighted by atomic mass is 10.1. The Labute approximate surface area is 230 Å². The number of rotatable bonds is 11. The lowest BCUT2D eigenvalue weighted by Crippen LogP contribution is -2.38. The number of methoxy groups -OCH3 is 1. The normalized spacial score (nSPS) is 18.4. The quantitative estimate of drug-likeness (QED) is 0.223. The molecule has 2 heterocycles. The van der Waals surface area contributed by atoms with Gasteiger partial charge in [0.1, 0.15) is 18.2 Å². The van der Waals surface area contributed by atoms with Crippen LogP contribution in [0.2, 0.25) is 25.7 Å². The van der Waals surface area contributed by atoms with Crippen molar-refractivity contribution in [1.29, 1.82) is 0 Å². The zero-order valence-electron chi connectivity index (χ0n) is 23.3. The van der Waals surface area contributed by atoms with Crippen molar-refractivity contribution < 1.29 is 23.7 Å². The minimum atomic E-state index is -1.21. The molecule has 1 amide bonds. The first-order valence-electron chi connectivity index (χ1n) is 12.9. The number of imidazole rings is 1. The van der Waals surface area contributed by atoms with Gasteiger partial charge in [0.2, 0.25) is 0 Å². The van der Waals surface area contributed by atoms with Crippen LogP contribution >= 0.6 is 15.9 Å². The second-order valence-electron chi connectivity index (χ2n) is 11.7. The summed E-state index contributed by atoms with van der Waals surface area (Å²) in [6, 6.07) is 8.85. The highest BCUT2D eigenvalue weighted by molar-refractivity contribution is 9.10. The van der Waals surface area contributed by atoms with Gasteiger partial charge in [0.05, 0.1) is 37.6 Å². The number of hydrogen-bond acceptors (Lipinski definition) is 6. The van der Waals surface area contributed by atoms with E-state index in [1.54, 1.807) is 12.0 Å². The van der Waals surface area contributed by atoms with Crippen LogP contribution in [-0.4, -0.2) is 73.8 Å². The standard InChI is InChI=1S/C27H42BrN3O5Si/c1-27(2,3)36-26(32)31-17-22(35-13-12-33-4)16-24(31)25-29-23(20-8-10-21(28)11-9-20)18-30(25)19-34-14-15-37(5,6)7/h8-11,18,22,24H,12-17,19H2,1-7H3/t22-,24-/m0/s1. The van der Waals surface area contributed by atoms with Crippen molar-refractivity contribution in [1.82, 2.24) is 14.5 Å². The Bertz CT molecular complexity index is 1020. The van der Waals surface area contributed by atoms with Gasteiger partial charge in [-0.1, -0.05) is 47.7 Å². The van der Waals surface area contributed by atoms with Gasteiger partial charge in [-0.05, 0) is 38.9 Å². The summed E-state index contributed by atoms with van der Waals surface area (Å²) < 4.78 is 26.1. The van der Waals surface area contributed by atoms with Crippen molar-refractivity contribution >= 4 is 30.1 Å². The fraction of sp³-hybridized carbons (Fsp3) is 0.630. The molecule has 1 aliphatic rings. The molecule has 1 saturated heterocycles. The van der Waals surface area contributed by atoms with Crippen LogP contribution in [0, 0.1) is 0 Å². The second-order valence-corrected chi connectivity index (χ2v) is 18.2. The molecule has 10 heteroatoms. The molecule has 206 valence electrons. The van der Waals surface area contributed by atoms with Crippen molar-refractivity contribution in [2.75, 3.05) is 33.5 Å². The Morgan fingerprint density at radius 2 is 1.84 bits per heavy atom. The minimum Gasteiger partial charge on any atom is -0.444 e. The average Bonchev–Trinajstić information content (AvgIpc) is 3.40. The maximum Gasteiger partial charge on any atom is 0.411 e. The van der Waals surface area contributed by atoms with Crippen LogP contribution < -0.4 is 0 Å². The minimum absolute atomic E-state index is 0.137. The highest BCUT2D eigenvalue weighted by atomic mass is 79.9. The number of aromatic nitrogens is 2. The Balaban J connectivity index is 1.91. The van der Waals surface area contributed by atoms with E-state index in [0.29, 0.717) is 39.5 Å². The van der Waals surface area contributed by atoms with Gasteiger partial charge in [-0.3, -0.25) is 4.90 Å². The van der Waals surface area contributed by atoms with Gasteiger partial charge in [-0.15, -0.1) is 0 Å². The zero-order chi connectivity index (χ0) is 27.2. The van der Waals surface area contributed by atoms with Crippen LogP contribution in [0.25, 0.3) is 11.3 Å². The zero-order valence-corrected chi connectivity index (χ0v) is 25.8. The number of likely N-dealkylation sites (tertiary alicyclic amines) is 1. The summed E-state index contributed by atoms with van der Waals surface area (Å²) >= 11 is 3.51. The summed E-state index contributed by atoms with van der Waals surface area (Å²) in [6.07, 6.45) is 2.13. The Kier molecular flexibility index (Phi) is 10.4. The van der Waals surface area contributed by atoms with E-state index in [4.69, 9.17) is 23.9 Å². The lowest BCUT2D eigenvalue weighted by Gasteiger charge is -2.28. The molecule has 0 spiro atoms. The number of nitrogens with zero attached hydrogens (tertiary/aromatic N) is 3. The first kappa shape index (κ1) is 29.8. The number of halogens is 1. The topological polar surface area (TPSA) is 75.1 Å². The molecule has 0 radical (unpaired) electrons. The van der Waals surface area contributed by atoms with E-state index in [2.05, 4.69) is 35.6 Å². The molecule has 1 fully saturated rings. The van der Waals surface area contributed by atoms with Crippen LogP contribution in [0.3, 0.4) is 0 Å². The van der Waals surface area contributed by atoms with Crippen LogP contribution in [0.4, 0.5) is 4.79 Å². The SMILES string of the molecule is COCCO[C@H]1C[C@@H](c2nc(-c3ccc(Br)cc3)cn2COCC[Si](C)(C)C)N(C(=O)OC(C)(C)C)C1. The van der Waals surface area contributed by atoms with Gasteiger partial charge in [-0.2, -0.15) is 0 Å². The van der Waals surface area contributed by atoms with E-state index in [1.165, 1.54) is 0 Å². The van der Waals surface area contributed by atoms with E-state index in [-0.39, 0.29) is 18.2 Å². The highest BCUT2D eigenvalue weighted by Gasteiger charge is 2.41. The Hall–Kier alpha value is -1.72. The predicted octanol–water partition coefficient (Wildman–Crippen LogP) is 6.34. The summed E-state index contributed by atoms with van der Waals surface area (Å²) in [5.41, 5.74) is 1.23. The molecule has 1 aromatic heterocycles. The summed E-state index contributed by atoms with van der Waals surface area (Å²) in [5.74, 6) is 0.773. The molecular formula is C27H42BrN3O5Si. The van der Waals surface area contributed by atoms with Crippen LogP contribution in [0.15, 0.2) is 34.9 Å². The first-order valence-corrected chi connectivity index (χ1v) is 17.4. The van der Waals surface area contributed by atoms with Crippen LogP contribution in [0.1, 0.15) is 39.1 Å². The fourth-order valence-corrected chi connectivity index (χ4v) is 5.11. The van der Waals surface area contributed by atoms with Gasteiger partial charge in [0, 0.05) is 44.4 Å². The molecule has 1 aromatic carbocycles. The van der Waals surface area contributed by atoms with E-state index < -0.39 is 13.7 Å². The largest absolute Gasteiger partial charge is 0.444 e. The molecular weight excluding hydrogens is 554 g/mol. The predicted molar refractivity (Wildman–Crippen MR) is 151 cm³/mol. The Morgan fingerprint density at radius 1 is 1.14 bits per heavy atom.